The largest absolute Gasteiger partial charge is 0.508 e. The van der Waals surface area contributed by atoms with Crippen molar-refractivity contribution in [3.63, 3.8) is 0 Å². The summed E-state index contributed by atoms with van der Waals surface area (Å²) in [5.41, 5.74) is 0.911. The Bertz CT molecular complexity index is 430. The molecule has 20 heavy (non-hydrogen) atoms. The van der Waals surface area contributed by atoms with Crippen LogP contribution in [0.4, 0.5) is 0 Å². The number of nitrogens with zero attached hydrogens (tertiary/aromatic N) is 1. The molecule has 0 unspecified atom stereocenters. The molecular weight excluding hydrogens is 254 g/mol. The SMILES string of the molecule is CCCCCCc1ccc(OC(=O)CN(C)C)cc1O. The lowest BCUT2D eigenvalue weighted by molar-refractivity contribution is -0.135. The van der Waals surface area contributed by atoms with Crippen LogP contribution in [-0.2, 0) is 11.2 Å². The standard InChI is InChI=1S/C16H25NO3/c1-4-5-6-7-8-13-9-10-14(11-15(13)18)20-16(19)12-17(2)3/h9-11,18H,4-8,12H2,1-3H3. The summed E-state index contributed by atoms with van der Waals surface area (Å²) in [5.74, 6) is 0.272. The Kier molecular flexibility index (Phi) is 7.09. The fourth-order valence-electron chi connectivity index (χ4n) is 1.98. The molecule has 1 rings (SSSR count). The van der Waals surface area contributed by atoms with Crippen molar-refractivity contribution in [2.24, 2.45) is 0 Å². The first-order valence-corrected chi connectivity index (χ1v) is 7.20. The van der Waals surface area contributed by atoms with Crippen molar-refractivity contribution in [1.82, 2.24) is 4.90 Å². The van der Waals surface area contributed by atoms with Gasteiger partial charge in [-0.1, -0.05) is 32.3 Å². The van der Waals surface area contributed by atoms with E-state index >= 15 is 0 Å². The van der Waals surface area contributed by atoms with Crippen molar-refractivity contribution in [3.8, 4) is 11.5 Å². The number of unbranched alkanes of at least 4 members (excludes halogenated alkanes) is 3. The van der Waals surface area contributed by atoms with Crippen molar-refractivity contribution in [2.75, 3.05) is 20.6 Å². The molecule has 4 heteroatoms. The van der Waals surface area contributed by atoms with E-state index < -0.39 is 0 Å². The number of carbonyl (C=O) groups excluding carboxylic acids is 1. The van der Waals surface area contributed by atoms with Crippen molar-refractivity contribution >= 4 is 5.97 Å². The summed E-state index contributed by atoms with van der Waals surface area (Å²) in [6.45, 7) is 2.40. The van der Waals surface area contributed by atoms with Crippen molar-refractivity contribution in [1.29, 1.82) is 0 Å². The van der Waals surface area contributed by atoms with Gasteiger partial charge in [0, 0.05) is 6.07 Å². The molecule has 4 nitrogen and oxygen atoms in total. The Hall–Kier alpha value is -1.55. The summed E-state index contributed by atoms with van der Waals surface area (Å²) in [7, 11) is 3.61. The van der Waals surface area contributed by atoms with Crippen LogP contribution in [0.5, 0.6) is 11.5 Å². The molecule has 0 aliphatic rings. The lowest BCUT2D eigenvalue weighted by atomic mass is 10.1. The molecule has 0 atom stereocenters. The maximum atomic E-state index is 11.5. The third kappa shape index (κ3) is 6.06. The number of ether oxygens (including phenoxy) is 1. The van der Waals surface area contributed by atoms with Crippen LogP contribution in [0, 0.1) is 0 Å². The van der Waals surface area contributed by atoms with Gasteiger partial charge in [-0.3, -0.25) is 9.69 Å². The average Bonchev–Trinajstić information content (AvgIpc) is 2.35. The molecule has 0 saturated heterocycles. The van der Waals surface area contributed by atoms with Crippen molar-refractivity contribution in [3.05, 3.63) is 23.8 Å². The zero-order chi connectivity index (χ0) is 15.0. The van der Waals surface area contributed by atoms with Gasteiger partial charge < -0.3 is 9.84 Å². The second-order valence-electron chi connectivity index (χ2n) is 5.31. The van der Waals surface area contributed by atoms with Crippen LogP contribution in [0.2, 0.25) is 0 Å². The van der Waals surface area contributed by atoms with Crippen molar-refractivity contribution in [2.45, 2.75) is 39.0 Å². The Morgan fingerprint density at radius 1 is 1.25 bits per heavy atom. The quantitative estimate of drug-likeness (QED) is 0.451. The number of phenols is 1. The third-order valence-corrected chi connectivity index (χ3v) is 3.03. The normalized spacial score (nSPS) is 10.8. The maximum Gasteiger partial charge on any atom is 0.325 e. The Morgan fingerprint density at radius 2 is 2.00 bits per heavy atom. The van der Waals surface area contributed by atoms with E-state index in [1.54, 1.807) is 25.1 Å². The molecule has 0 spiro atoms. The number of phenolic OH excluding ortho intramolecular Hbond substituents is 1. The van der Waals surface area contributed by atoms with Gasteiger partial charge in [-0.2, -0.15) is 0 Å². The smallest absolute Gasteiger partial charge is 0.325 e. The highest BCUT2D eigenvalue weighted by molar-refractivity contribution is 5.74. The fourth-order valence-corrected chi connectivity index (χ4v) is 1.98. The summed E-state index contributed by atoms with van der Waals surface area (Å²) >= 11 is 0. The molecule has 1 aromatic carbocycles. The van der Waals surface area contributed by atoms with Gasteiger partial charge in [-0.05, 0) is 38.6 Å². The van der Waals surface area contributed by atoms with Crippen LogP contribution in [0.3, 0.4) is 0 Å². The van der Waals surface area contributed by atoms with E-state index in [4.69, 9.17) is 4.74 Å². The van der Waals surface area contributed by atoms with E-state index in [1.165, 1.54) is 25.3 Å². The zero-order valence-corrected chi connectivity index (χ0v) is 12.7. The lowest BCUT2D eigenvalue weighted by Gasteiger charge is -2.10. The van der Waals surface area contributed by atoms with Gasteiger partial charge >= 0.3 is 5.97 Å². The van der Waals surface area contributed by atoms with Crippen LogP contribution >= 0.6 is 0 Å². The Balaban J connectivity index is 2.52. The van der Waals surface area contributed by atoms with E-state index in [1.807, 2.05) is 6.07 Å². The second kappa shape index (κ2) is 8.59. The molecule has 1 N–H and O–H groups in total. The molecule has 0 heterocycles. The number of hydrogen-bond acceptors (Lipinski definition) is 4. The first kappa shape index (κ1) is 16.5. The predicted molar refractivity (Wildman–Crippen MR) is 80.1 cm³/mol. The van der Waals surface area contributed by atoms with Gasteiger partial charge in [0.1, 0.15) is 11.5 Å². The molecule has 0 fully saturated rings. The minimum Gasteiger partial charge on any atom is -0.508 e. The van der Waals surface area contributed by atoms with E-state index in [-0.39, 0.29) is 18.3 Å². The minimum atomic E-state index is -0.329. The number of esters is 1. The first-order chi connectivity index (χ1) is 9.52. The van der Waals surface area contributed by atoms with Gasteiger partial charge in [0.25, 0.3) is 0 Å². The average molecular weight is 279 g/mol. The van der Waals surface area contributed by atoms with E-state index in [9.17, 15) is 9.90 Å². The number of hydrogen-bond donors (Lipinski definition) is 1. The highest BCUT2D eigenvalue weighted by atomic mass is 16.5. The molecular formula is C16H25NO3. The van der Waals surface area contributed by atoms with E-state index in [0.29, 0.717) is 5.75 Å². The molecule has 0 aliphatic heterocycles. The van der Waals surface area contributed by atoms with E-state index in [0.717, 1.165) is 18.4 Å². The minimum absolute atomic E-state index is 0.205. The van der Waals surface area contributed by atoms with Crippen LogP contribution < -0.4 is 4.74 Å². The second-order valence-corrected chi connectivity index (χ2v) is 5.31. The van der Waals surface area contributed by atoms with Gasteiger partial charge in [-0.15, -0.1) is 0 Å². The van der Waals surface area contributed by atoms with Gasteiger partial charge in [0.15, 0.2) is 0 Å². The Labute approximate surface area is 121 Å². The third-order valence-electron chi connectivity index (χ3n) is 3.03. The number of benzene rings is 1. The number of aryl methyl sites for hydroxylation is 1. The van der Waals surface area contributed by atoms with Crippen LogP contribution in [0.1, 0.15) is 38.2 Å². The Morgan fingerprint density at radius 3 is 2.60 bits per heavy atom. The number of carbonyl (C=O) groups is 1. The van der Waals surface area contributed by atoms with E-state index in [2.05, 4.69) is 6.92 Å². The summed E-state index contributed by atoms with van der Waals surface area (Å²) < 4.78 is 5.16. The molecule has 112 valence electrons. The van der Waals surface area contributed by atoms with Gasteiger partial charge in [0.2, 0.25) is 0 Å². The monoisotopic (exact) mass is 279 g/mol. The molecule has 0 saturated carbocycles. The summed E-state index contributed by atoms with van der Waals surface area (Å²) in [6, 6.07) is 5.09. The van der Waals surface area contributed by atoms with Crippen LogP contribution in [0.25, 0.3) is 0 Å². The summed E-state index contributed by atoms with van der Waals surface area (Å²) in [6.07, 6.45) is 5.53. The summed E-state index contributed by atoms with van der Waals surface area (Å²) in [4.78, 5) is 13.3. The molecule has 0 bridgehead atoms. The summed E-state index contributed by atoms with van der Waals surface area (Å²) in [5, 5.41) is 9.94. The number of rotatable bonds is 8. The molecule has 0 aromatic heterocycles. The molecule has 0 amide bonds. The number of likely N-dealkylation sites (N-methyl/N-ethyl adjacent to an activating group) is 1. The highest BCUT2D eigenvalue weighted by Gasteiger charge is 2.08. The molecule has 1 aromatic rings. The fraction of sp³-hybridized carbons (Fsp3) is 0.562. The highest BCUT2D eigenvalue weighted by Crippen LogP contribution is 2.25. The van der Waals surface area contributed by atoms with Gasteiger partial charge in [0.05, 0.1) is 6.54 Å². The molecule has 0 aliphatic carbocycles. The van der Waals surface area contributed by atoms with Crippen molar-refractivity contribution < 1.29 is 14.6 Å². The zero-order valence-electron chi connectivity index (χ0n) is 12.7. The van der Waals surface area contributed by atoms with Crippen LogP contribution in [-0.4, -0.2) is 36.6 Å². The predicted octanol–water partition coefficient (Wildman–Crippen LogP) is 2.98. The first-order valence-electron chi connectivity index (χ1n) is 7.20. The lowest BCUT2D eigenvalue weighted by Crippen LogP contribution is -2.25. The van der Waals surface area contributed by atoms with Crippen LogP contribution in [0.15, 0.2) is 18.2 Å². The van der Waals surface area contributed by atoms with Gasteiger partial charge in [-0.25, -0.2) is 0 Å². The topological polar surface area (TPSA) is 49.8 Å². The molecule has 0 radical (unpaired) electrons. The number of aromatic hydroxyl groups is 1. The maximum absolute atomic E-state index is 11.5.